The lowest BCUT2D eigenvalue weighted by Gasteiger charge is -1.97. The predicted octanol–water partition coefficient (Wildman–Crippen LogP) is 1.33. The van der Waals surface area contributed by atoms with Crippen molar-refractivity contribution < 1.29 is 0 Å². The predicted molar refractivity (Wildman–Crippen MR) is 34.1 cm³/mol. The molecule has 0 aliphatic heterocycles. The van der Waals surface area contributed by atoms with Gasteiger partial charge in [-0.05, 0) is 19.8 Å². The van der Waals surface area contributed by atoms with Crippen molar-refractivity contribution in [3.8, 4) is 0 Å². The van der Waals surface area contributed by atoms with Gasteiger partial charge in [0.05, 0.1) is 12.2 Å². The van der Waals surface area contributed by atoms with E-state index in [1.54, 1.807) is 6.20 Å². The first-order chi connectivity index (χ1) is 4.38. The second kappa shape index (κ2) is 1.59. The van der Waals surface area contributed by atoms with E-state index in [1.807, 2.05) is 6.92 Å². The van der Waals surface area contributed by atoms with Crippen molar-refractivity contribution in [1.29, 1.82) is 0 Å². The van der Waals surface area contributed by atoms with E-state index in [1.165, 1.54) is 12.8 Å². The second-order valence-electron chi connectivity index (χ2n) is 2.55. The summed E-state index contributed by atoms with van der Waals surface area (Å²) in [5, 5.41) is 4.14. The van der Waals surface area contributed by atoms with Crippen LogP contribution in [0.15, 0.2) is 6.20 Å². The van der Waals surface area contributed by atoms with E-state index < -0.39 is 0 Å². The van der Waals surface area contributed by atoms with Gasteiger partial charge in [-0.2, -0.15) is 5.10 Å². The highest BCUT2D eigenvalue weighted by Gasteiger charge is 2.24. The second-order valence-corrected chi connectivity index (χ2v) is 2.55. The standard InChI is InChI=1S/C7H9N2/c1-6-4-5-8-9(6)7-2-3-7/h5,7H,2-3H2,1H3. The maximum atomic E-state index is 4.14. The fraction of sp³-hybridized carbons (Fsp3) is 0.571. The summed E-state index contributed by atoms with van der Waals surface area (Å²) < 4.78 is 2.06. The van der Waals surface area contributed by atoms with E-state index in [9.17, 15) is 0 Å². The molecule has 0 unspecified atom stereocenters. The molecule has 0 saturated heterocycles. The first-order valence-corrected chi connectivity index (χ1v) is 3.30. The highest BCUT2D eigenvalue weighted by atomic mass is 15.3. The molecule has 1 aromatic rings. The van der Waals surface area contributed by atoms with Crippen LogP contribution in [0.2, 0.25) is 0 Å². The molecule has 1 heterocycles. The zero-order chi connectivity index (χ0) is 6.27. The summed E-state index contributed by atoms with van der Waals surface area (Å²) in [5.74, 6) is 0. The topological polar surface area (TPSA) is 17.8 Å². The number of aromatic nitrogens is 2. The van der Waals surface area contributed by atoms with Crippen LogP contribution in [-0.2, 0) is 0 Å². The van der Waals surface area contributed by atoms with Crippen LogP contribution in [0, 0.1) is 13.0 Å². The molecule has 0 spiro atoms. The number of aryl methyl sites for hydroxylation is 1. The Morgan fingerprint density at radius 2 is 2.56 bits per heavy atom. The zero-order valence-corrected chi connectivity index (χ0v) is 5.46. The molecule has 1 aliphatic carbocycles. The van der Waals surface area contributed by atoms with Gasteiger partial charge in [0.2, 0.25) is 0 Å². The number of hydrogen-bond donors (Lipinski definition) is 0. The monoisotopic (exact) mass is 121 g/mol. The van der Waals surface area contributed by atoms with E-state index in [-0.39, 0.29) is 0 Å². The Morgan fingerprint density at radius 1 is 1.78 bits per heavy atom. The van der Waals surface area contributed by atoms with Gasteiger partial charge >= 0.3 is 0 Å². The van der Waals surface area contributed by atoms with Crippen molar-refractivity contribution in [2.45, 2.75) is 25.8 Å². The average Bonchev–Trinajstić information content (AvgIpc) is 2.58. The molecule has 1 saturated carbocycles. The van der Waals surface area contributed by atoms with Crippen molar-refractivity contribution in [3.63, 3.8) is 0 Å². The summed E-state index contributed by atoms with van der Waals surface area (Å²) in [6.45, 7) is 2.05. The maximum Gasteiger partial charge on any atom is 0.0572 e. The Morgan fingerprint density at radius 3 is 3.00 bits per heavy atom. The summed E-state index contributed by atoms with van der Waals surface area (Å²) >= 11 is 0. The molecule has 1 aromatic heterocycles. The quantitative estimate of drug-likeness (QED) is 0.548. The minimum atomic E-state index is 0.705. The molecule has 1 fully saturated rings. The Labute approximate surface area is 54.5 Å². The zero-order valence-electron chi connectivity index (χ0n) is 5.46. The van der Waals surface area contributed by atoms with Gasteiger partial charge < -0.3 is 0 Å². The van der Waals surface area contributed by atoms with Crippen molar-refractivity contribution in [2.75, 3.05) is 0 Å². The third-order valence-electron chi connectivity index (χ3n) is 1.69. The summed E-state index contributed by atoms with van der Waals surface area (Å²) in [7, 11) is 0. The third-order valence-corrected chi connectivity index (χ3v) is 1.69. The molecule has 0 aromatic carbocycles. The van der Waals surface area contributed by atoms with Crippen molar-refractivity contribution in [1.82, 2.24) is 9.78 Å². The smallest absolute Gasteiger partial charge is 0.0572 e. The first kappa shape index (κ1) is 5.03. The molecule has 2 rings (SSSR count). The number of rotatable bonds is 1. The first-order valence-electron chi connectivity index (χ1n) is 3.30. The van der Waals surface area contributed by atoms with Gasteiger partial charge in [-0.3, -0.25) is 4.68 Å². The molecule has 9 heavy (non-hydrogen) atoms. The molecule has 2 heteroatoms. The summed E-state index contributed by atoms with van der Waals surface area (Å²) in [6.07, 6.45) is 4.35. The Kier molecular flexibility index (Phi) is 0.891. The van der Waals surface area contributed by atoms with Crippen LogP contribution in [0.3, 0.4) is 0 Å². The van der Waals surface area contributed by atoms with Crippen molar-refractivity contribution in [2.24, 2.45) is 0 Å². The van der Waals surface area contributed by atoms with E-state index in [4.69, 9.17) is 0 Å². The Bertz CT molecular complexity index is 210. The van der Waals surface area contributed by atoms with Gasteiger partial charge in [0.1, 0.15) is 0 Å². The molecule has 1 aliphatic rings. The molecule has 0 bridgehead atoms. The van der Waals surface area contributed by atoms with Gasteiger partial charge in [-0.25, -0.2) is 0 Å². The lowest BCUT2D eigenvalue weighted by Crippen LogP contribution is -1.97. The lowest BCUT2D eigenvalue weighted by molar-refractivity contribution is 0.622. The molecular formula is C7H9N2. The lowest BCUT2D eigenvalue weighted by atomic mass is 10.5. The highest BCUT2D eigenvalue weighted by Crippen LogP contribution is 2.34. The average molecular weight is 121 g/mol. The Hall–Kier alpha value is -0.790. The highest BCUT2D eigenvalue weighted by molar-refractivity contribution is 4.98. The summed E-state index contributed by atoms with van der Waals surface area (Å²) in [6, 6.07) is 3.75. The fourth-order valence-corrected chi connectivity index (χ4v) is 1.02. The molecule has 1 radical (unpaired) electrons. The van der Waals surface area contributed by atoms with Crippen LogP contribution < -0.4 is 0 Å². The molecule has 0 N–H and O–H groups in total. The van der Waals surface area contributed by atoms with Crippen LogP contribution in [-0.4, -0.2) is 9.78 Å². The normalized spacial score (nSPS) is 18.3. The largest absolute Gasteiger partial charge is 0.266 e. The van der Waals surface area contributed by atoms with E-state index in [0.717, 1.165) is 5.69 Å². The van der Waals surface area contributed by atoms with Crippen molar-refractivity contribution in [3.05, 3.63) is 18.0 Å². The summed E-state index contributed by atoms with van der Waals surface area (Å²) in [5.41, 5.74) is 1.16. The molecular weight excluding hydrogens is 112 g/mol. The van der Waals surface area contributed by atoms with E-state index >= 15 is 0 Å². The van der Waals surface area contributed by atoms with Crippen molar-refractivity contribution >= 4 is 0 Å². The van der Waals surface area contributed by atoms with Crippen LogP contribution in [0.25, 0.3) is 0 Å². The van der Waals surface area contributed by atoms with Gasteiger partial charge in [-0.1, -0.05) is 0 Å². The summed E-state index contributed by atoms with van der Waals surface area (Å²) in [4.78, 5) is 0. The Balaban J connectivity index is 2.35. The SMILES string of the molecule is Cc1[c]cnn1C1CC1. The van der Waals surface area contributed by atoms with Crippen LogP contribution in [0.4, 0.5) is 0 Å². The number of nitrogens with zero attached hydrogens (tertiary/aromatic N) is 2. The minimum Gasteiger partial charge on any atom is -0.266 e. The minimum absolute atomic E-state index is 0.705. The molecule has 47 valence electrons. The van der Waals surface area contributed by atoms with Gasteiger partial charge in [0.15, 0.2) is 0 Å². The third kappa shape index (κ3) is 0.745. The molecule has 0 amide bonds. The molecule has 0 atom stereocenters. The van der Waals surface area contributed by atoms with Crippen LogP contribution in [0.5, 0.6) is 0 Å². The molecule has 2 nitrogen and oxygen atoms in total. The number of hydrogen-bond acceptors (Lipinski definition) is 1. The maximum absolute atomic E-state index is 4.14. The van der Waals surface area contributed by atoms with E-state index in [0.29, 0.717) is 6.04 Å². The van der Waals surface area contributed by atoms with Crippen LogP contribution >= 0.6 is 0 Å². The fourth-order valence-electron chi connectivity index (χ4n) is 1.02. The van der Waals surface area contributed by atoms with E-state index in [2.05, 4.69) is 15.8 Å². The van der Waals surface area contributed by atoms with Crippen LogP contribution in [0.1, 0.15) is 24.6 Å². The van der Waals surface area contributed by atoms with Gasteiger partial charge in [0, 0.05) is 11.8 Å². The van der Waals surface area contributed by atoms with Gasteiger partial charge in [-0.15, -0.1) is 0 Å². The van der Waals surface area contributed by atoms with Gasteiger partial charge in [0.25, 0.3) is 0 Å².